The summed E-state index contributed by atoms with van der Waals surface area (Å²) in [6.45, 7) is 5.55. The van der Waals surface area contributed by atoms with Gasteiger partial charge in [-0.25, -0.2) is 14.0 Å². The predicted octanol–water partition coefficient (Wildman–Crippen LogP) is 2.74. The van der Waals surface area contributed by atoms with Crippen LogP contribution in [0.4, 0.5) is 4.39 Å². The summed E-state index contributed by atoms with van der Waals surface area (Å²) in [6.07, 6.45) is -10.8. The zero-order valence-corrected chi connectivity index (χ0v) is 43.8. The molecule has 2 radical (unpaired) electrons. The number of aliphatic hydroxyl groups is 5. The minimum atomic E-state index is -2.36. The molecule has 7 rings (SSSR count). The number of esters is 2. The summed E-state index contributed by atoms with van der Waals surface area (Å²) in [5, 5.41) is 63.6. The second kappa shape index (κ2) is 18.8. The van der Waals surface area contributed by atoms with Gasteiger partial charge in [0, 0.05) is 118 Å². The monoisotopic (exact) mass is 1270 g/mol. The van der Waals surface area contributed by atoms with Gasteiger partial charge in [-0.1, -0.05) is 44.2 Å². The van der Waals surface area contributed by atoms with Crippen LogP contribution in [0.2, 0.25) is 0 Å². The van der Waals surface area contributed by atoms with Crippen LogP contribution in [0.1, 0.15) is 72.9 Å². The number of hydrogen-bond donors (Lipinski definition) is 6. The van der Waals surface area contributed by atoms with E-state index >= 15 is 0 Å². The van der Waals surface area contributed by atoms with Gasteiger partial charge in [-0.05, 0) is 79.1 Å². The number of ketones is 1. The first-order valence-electron chi connectivity index (χ1n) is 19.3. The number of fused-ring (bicyclic) bond motifs is 5. The second-order valence-corrected chi connectivity index (χ2v) is 16.7. The van der Waals surface area contributed by atoms with Crippen molar-refractivity contribution in [1.29, 1.82) is 0 Å². The molecule has 0 spiro atoms. The Labute approximate surface area is 423 Å². The number of halogens is 1. The summed E-state index contributed by atoms with van der Waals surface area (Å²) >= 11 is 0. The van der Waals surface area contributed by atoms with E-state index in [4.69, 9.17) is 18.9 Å². The molecule has 3 fully saturated rings. The maximum atomic E-state index is 14.7. The standard InChI is InChI=1S/C44H48FNO13.2Ac/c1-22-28(58-40(53)34(49)32(23-11-15-26(45)16-12-23)46-38(51)24-13-17-27(56-5)18-14-24)20-44(55)37(59-39(52)25-9-7-6-8-10-25)35-42(4,29(47)19-30-43(35,54)21-57-30)36(50)33(48)31(22)41(44,2)3;;/h6-18,28-30,32-35,37,47-49,54-55H,19-21H2,1-5H3,(H,46,51);;/t28?,29?,30?,32?,33?,34?,35?,37?,42-,43?,44?;;/m1../s1. The van der Waals surface area contributed by atoms with Gasteiger partial charge < -0.3 is 49.8 Å². The van der Waals surface area contributed by atoms with E-state index in [-0.39, 0.29) is 129 Å². The average molecular weight is 1270 g/mol. The molecule has 1 amide bonds. The summed E-state index contributed by atoms with van der Waals surface area (Å²) in [5.41, 5.74) is -7.54. The van der Waals surface area contributed by atoms with E-state index in [2.05, 4.69) is 5.32 Å². The number of carbonyl (C=O) groups is 4. The number of methoxy groups -OCH3 is 1. The number of amides is 1. The third kappa shape index (κ3) is 8.48. The summed E-state index contributed by atoms with van der Waals surface area (Å²) in [5.74, 6) is -5.57. The van der Waals surface area contributed by atoms with Crippen LogP contribution >= 0.6 is 0 Å². The minimum absolute atomic E-state index is 0. The fourth-order valence-electron chi connectivity index (χ4n) is 9.70. The number of benzene rings is 3. The van der Waals surface area contributed by atoms with Crippen LogP contribution in [0, 0.1) is 111 Å². The Balaban J connectivity index is 0.00000352. The molecule has 1 heterocycles. The number of carbonyl (C=O) groups excluding carboxylic acids is 4. The molecular formula is C44H48Ac2FNO13. The molecule has 2 bridgehead atoms. The van der Waals surface area contributed by atoms with Crippen LogP contribution < -0.4 is 10.1 Å². The van der Waals surface area contributed by atoms with E-state index < -0.39 is 106 Å². The van der Waals surface area contributed by atoms with Crippen LogP contribution in [0.15, 0.2) is 90.0 Å². The predicted molar refractivity (Wildman–Crippen MR) is 205 cm³/mol. The topological polar surface area (TPSA) is 218 Å². The number of aliphatic hydroxyl groups excluding tert-OH is 3. The SMILES string of the molecule is COc1ccc(C(=O)NC(c2ccc(F)cc2)C(O)C(=O)OC2CC3(O)C(OC(=O)c4ccccc4)C4C5(O)COC5CC(O)[C@@]4(C)C(=O)C(O)C(=C2C)C3(C)C)cc1.[Ac].[Ac]. The van der Waals surface area contributed by atoms with Crippen LogP contribution in [0.3, 0.4) is 0 Å². The van der Waals surface area contributed by atoms with Gasteiger partial charge in [0.2, 0.25) is 0 Å². The summed E-state index contributed by atoms with van der Waals surface area (Å²) < 4.78 is 37.0. The van der Waals surface area contributed by atoms with Gasteiger partial charge in [-0.3, -0.25) is 9.59 Å². The van der Waals surface area contributed by atoms with Crippen LogP contribution in [0.25, 0.3) is 0 Å². The maximum absolute atomic E-state index is 14.7. The number of Topliss-reactive ketones (excluding diaryl/α,β-unsaturated/α-hetero) is 1. The van der Waals surface area contributed by atoms with Crippen molar-refractivity contribution in [2.45, 2.75) is 94.4 Å². The average Bonchev–Trinajstić information content (AvgIpc) is 3.22. The smallest absolute Gasteiger partial charge is 0.338 e. The van der Waals surface area contributed by atoms with Crippen molar-refractivity contribution in [2.75, 3.05) is 13.7 Å². The van der Waals surface area contributed by atoms with Crippen LogP contribution in [-0.4, -0.2) is 111 Å². The van der Waals surface area contributed by atoms with Crippen LogP contribution in [-0.2, 0) is 23.8 Å². The molecule has 4 aliphatic rings. The largest absolute Gasteiger partial charge is 0.497 e. The molecular weight excluding hydrogens is 1220 g/mol. The minimum Gasteiger partial charge on any atom is -0.497 e. The van der Waals surface area contributed by atoms with Crippen molar-refractivity contribution in [1.82, 2.24) is 5.32 Å². The van der Waals surface area contributed by atoms with Crippen LogP contribution in [0.5, 0.6) is 5.75 Å². The molecule has 3 aliphatic carbocycles. The van der Waals surface area contributed by atoms with E-state index in [0.717, 1.165) is 12.1 Å². The van der Waals surface area contributed by atoms with Crippen molar-refractivity contribution in [3.05, 3.63) is 113 Å². The van der Waals surface area contributed by atoms with Crippen molar-refractivity contribution >= 4 is 23.6 Å². The zero-order chi connectivity index (χ0) is 42.8. The molecule has 2 saturated carbocycles. The maximum Gasteiger partial charge on any atom is 0.338 e. The second-order valence-electron chi connectivity index (χ2n) is 16.7. The molecule has 0 aromatic heterocycles. The Morgan fingerprint density at radius 2 is 1.52 bits per heavy atom. The molecule has 1 saturated heterocycles. The van der Waals surface area contributed by atoms with Crippen molar-refractivity contribution in [3.8, 4) is 5.75 Å². The molecule has 3 aromatic rings. The van der Waals surface area contributed by atoms with E-state index in [1.54, 1.807) is 18.2 Å². The number of nitrogens with one attached hydrogen (secondary N) is 1. The fourth-order valence-corrected chi connectivity index (χ4v) is 9.70. The van der Waals surface area contributed by atoms with Gasteiger partial charge in [0.1, 0.15) is 41.1 Å². The van der Waals surface area contributed by atoms with Gasteiger partial charge in [-0.2, -0.15) is 0 Å². The Bertz CT molecular complexity index is 2170. The summed E-state index contributed by atoms with van der Waals surface area (Å²) in [4.78, 5) is 56.3. The first-order chi connectivity index (χ1) is 27.8. The van der Waals surface area contributed by atoms with Gasteiger partial charge >= 0.3 is 11.9 Å². The molecule has 14 nitrogen and oxygen atoms in total. The first-order valence-corrected chi connectivity index (χ1v) is 19.3. The van der Waals surface area contributed by atoms with E-state index in [9.17, 15) is 49.1 Å². The number of hydrogen-bond acceptors (Lipinski definition) is 13. The van der Waals surface area contributed by atoms with Gasteiger partial charge in [0.05, 0.1) is 42.9 Å². The molecule has 61 heavy (non-hydrogen) atoms. The summed E-state index contributed by atoms with van der Waals surface area (Å²) in [7, 11) is 1.46. The summed E-state index contributed by atoms with van der Waals surface area (Å²) in [6, 6.07) is 17.0. The molecule has 11 atom stereocenters. The molecule has 3 aromatic carbocycles. The molecule has 10 unspecified atom stereocenters. The van der Waals surface area contributed by atoms with Crippen molar-refractivity contribution in [3.63, 3.8) is 0 Å². The Kier molecular flexibility index (Phi) is 15.3. The Morgan fingerprint density at radius 3 is 2.10 bits per heavy atom. The quantitative estimate of drug-likeness (QED) is 0.134. The van der Waals surface area contributed by atoms with Gasteiger partial charge in [0.25, 0.3) is 5.91 Å². The molecule has 17 heteroatoms. The molecule has 6 N–H and O–H groups in total. The van der Waals surface area contributed by atoms with E-state index in [0.29, 0.717) is 5.75 Å². The van der Waals surface area contributed by atoms with Gasteiger partial charge in [-0.15, -0.1) is 0 Å². The third-order valence-electron chi connectivity index (χ3n) is 13.3. The van der Waals surface area contributed by atoms with Gasteiger partial charge in [0.15, 0.2) is 11.9 Å². The van der Waals surface area contributed by atoms with Crippen molar-refractivity contribution in [2.24, 2.45) is 16.7 Å². The van der Waals surface area contributed by atoms with Crippen molar-refractivity contribution < 1.29 is 156 Å². The molecule has 1 aliphatic heterocycles. The first kappa shape index (κ1) is 49.9. The van der Waals surface area contributed by atoms with E-state index in [1.165, 1.54) is 83.3 Å². The fraction of sp³-hybridized carbons (Fsp3) is 0.455. The third-order valence-corrected chi connectivity index (χ3v) is 13.3. The number of ether oxygens (including phenoxy) is 4. The zero-order valence-electron chi connectivity index (χ0n) is 34.3. The number of rotatable bonds is 9. The Morgan fingerprint density at radius 1 is 0.902 bits per heavy atom. The Hall–Kier alpha value is -2.15. The van der Waals surface area contributed by atoms with E-state index in [1.807, 2.05) is 0 Å². The molecule has 320 valence electrons. The normalized spacial score (nSPS) is 32.0.